The first kappa shape index (κ1) is 16.9. The monoisotopic (exact) mass is 322 g/mol. The van der Waals surface area contributed by atoms with Gasteiger partial charge in [0.1, 0.15) is 0 Å². The zero-order valence-corrected chi connectivity index (χ0v) is 8.23. The van der Waals surface area contributed by atoms with E-state index in [9.17, 15) is 0 Å². The number of rotatable bonds is 0. The van der Waals surface area contributed by atoms with Crippen molar-refractivity contribution in [1.29, 1.82) is 0 Å². The fourth-order valence-corrected chi connectivity index (χ4v) is 0. The summed E-state index contributed by atoms with van der Waals surface area (Å²) in [5, 5.41) is 0. The predicted molar refractivity (Wildman–Crippen MR) is 26.9 cm³/mol. The molecule has 9 heteroatoms. The molecule has 0 spiro atoms. The third-order valence-electron chi connectivity index (χ3n) is 0. The zero-order chi connectivity index (χ0) is 7.15. The average molecular weight is 321 g/mol. The molecule has 0 rings (SSSR count). The van der Waals surface area contributed by atoms with Crippen LogP contribution in [-0.2, 0) is 9.13 Å². The third kappa shape index (κ3) is 212. The Morgan fingerprint density at radius 2 is 0.778 bits per heavy atom. The first-order valence-electron chi connectivity index (χ1n) is 1.30. The summed E-state index contributed by atoms with van der Waals surface area (Å²) in [5.74, 6) is 0. The maximum atomic E-state index is 8.74. The molecule has 0 amide bonds. The van der Waals surface area contributed by atoms with Crippen molar-refractivity contribution >= 4 is 16.5 Å². The van der Waals surface area contributed by atoms with Gasteiger partial charge in [0.25, 0.3) is 0 Å². The van der Waals surface area contributed by atoms with Crippen molar-refractivity contribution in [1.82, 2.24) is 0 Å². The molecule has 0 aliphatic heterocycles. The maximum absolute atomic E-state index is 8.74. The minimum Gasteiger partial charge on any atom is -0.326 e. The van der Waals surface area contributed by atoms with Crippen molar-refractivity contribution in [2.45, 2.75) is 0 Å². The minimum absolute atomic E-state index is 0. The molecule has 0 aromatic heterocycles. The molecule has 0 aliphatic rings. The summed E-state index contributed by atoms with van der Waals surface area (Å²) < 4.78 is 17.5. The van der Waals surface area contributed by atoms with Gasteiger partial charge in [-0.25, -0.2) is 0 Å². The Balaban J connectivity index is -0.0000000720. The molecule has 0 saturated heterocycles. The first-order chi connectivity index (χ1) is 3.46. The number of hydrogen-bond acceptors (Lipinski definition) is 2. The van der Waals surface area contributed by atoms with Gasteiger partial charge in [0.15, 0.2) is 0 Å². The molecule has 0 heterocycles. The van der Waals surface area contributed by atoms with Gasteiger partial charge in [0.2, 0.25) is 0 Å². The molecule has 60 valence electrons. The zero-order valence-electron chi connectivity index (χ0n) is 3.96. The van der Waals surface area contributed by atoms with Gasteiger partial charge in [-0.2, -0.15) is 0 Å². The summed E-state index contributed by atoms with van der Waals surface area (Å²) in [6.45, 7) is 0. The molecule has 0 atom stereocenters. The second kappa shape index (κ2) is 12.3. The van der Waals surface area contributed by atoms with E-state index in [1.54, 1.807) is 0 Å². The maximum Gasteiger partial charge on any atom is 0.314 e. The van der Waals surface area contributed by atoms with E-state index in [0.29, 0.717) is 0 Å². The summed E-state index contributed by atoms with van der Waals surface area (Å²) >= 11 is 0. The van der Waals surface area contributed by atoms with E-state index in [0.717, 1.165) is 0 Å². The molecule has 0 radical (unpaired) electrons. The molecule has 4 N–H and O–H groups in total. The molecular weight excluding hydrogens is 315 g/mol. The molecular formula is H6GdO6P2. The average Bonchev–Trinajstić information content (AvgIpc) is 1.25. The Hall–Kier alpha value is 1.62. The van der Waals surface area contributed by atoms with Gasteiger partial charge in [-0.1, -0.05) is 0 Å². The van der Waals surface area contributed by atoms with Crippen molar-refractivity contribution in [3.05, 3.63) is 0 Å². The largest absolute Gasteiger partial charge is 0.326 e. The second-order valence-corrected chi connectivity index (χ2v) is 1.70. The fraction of sp³-hybridized carbons (Fsp3) is 0. The molecule has 0 aliphatic carbocycles. The summed E-state index contributed by atoms with van der Waals surface area (Å²) in [5.41, 5.74) is 0. The van der Waals surface area contributed by atoms with Crippen LogP contribution < -0.4 is 0 Å². The van der Waals surface area contributed by atoms with E-state index in [1.165, 1.54) is 0 Å². The standard InChI is InChI=1S/Gd.2H3O3P/c;2*1-4(2)3/h;2*4H,(H2,1,2,3). The van der Waals surface area contributed by atoms with E-state index < -0.39 is 16.5 Å². The van der Waals surface area contributed by atoms with Gasteiger partial charge in [0.05, 0.1) is 0 Å². The Labute approximate surface area is 84.5 Å². The fourth-order valence-electron chi connectivity index (χ4n) is 0. The summed E-state index contributed by atoms with van der Waals surface area (Å²) in [6, 6.07) is 0. The Morgan fingerprint density at radius 1 is 0.778 bits per heavy atom. The van der Waals surface area contributed by atoms with E-state index in [1.807, 2.05) is 0 Å². The van der Waals surface area contributed by atoms with Crippen LogP contribution in [-0.4, -0.2) is 19.6 Å². The van der Waals surface area contributed by atoms with Crippen LogP contribution in [0.4, 0.5) is 0 Å². The third-order valence-corrected chi connectivity index (χ3v) is 0. The van der Waals surface area contributed by atoms with Crippen molar-refractivity contribution in [3.8, 4) is 0 Å². The van der Waals surface area contributed by atoms with Gasteiger partial charge in [-0.15, -0.1) is 0 Å². The van der Waals surface area contributed by atoms with Crippen LogP contribution in [0.5, 0.6) is 0 Å². The van der Waals surface area contributed by atoms with Crippen molar-refractivity contribution < 1.29 is 68.6 Å². The smallest absolute Gasteiger partial charge is 0.314 e. The van der Waals surface area contributed by atoms with Crippen LogP contribution >= 0.6 is 16.5 Å². The van der Waals surface area contributed by atoms with E-state index >= 15 is 0 Å². The molecule has 0 fully saturated rings. The normalized spacial score (nSPS) is 7.78. The topological polar surface area (TPSA) is 115 Å². The molecule has 0 aromatic rings. The van der Waals surface area contributed by atoms with Gasteiger partial charge >= 0.3 is 16.5 Å². The van der Waals surface area contributed by atoms with E-state index in [2.05, 4.69) is 0 Å². The Morgan fingerprint density at radius 3 is 0.778 bits per heavy atom. The van der Waals surface area contributed by atoms with Crippen LogP contribution in [0.2, 0.25) is 0 Å². The van der Waals surface area contributed by atoms with Gasteiger partial charge in [0, 0.05) is 39.9 Å². The van der Waals surface area contributed by atoms with E-state index in [4.69, 9.17) is 28.7 Å². The van der Waals surface area contributed by atoms with E-state index in [-0.39, 0.29) is 39.9 Å². The molecule has 9 heavy (non-hydrogen) atoms. The second-order valence-electron chi connectivity index (χ2n) is 0.565. The summed E-state index contributed by atoms with van der Waals surface area (Å²) in [6.07, 6.45) is 0. The van der Waals surface area contributed by atoms with Crippen LogP contribution in [0.25, 0.3) is 0 Å². The quantitative estimate of drug-likeness (QED) is 0.413. The molecule has 0 bridgehead atoms. The van der Waals surface area contributed by atoms with Crippen molar-refractivity contribution in [2.24, 2.45) is 0 Å². The van der Waals surface area contributed by atoms with Gasteiger partial charge in [-0.05, 0) is 0 Å². The summed E-state index contributed by atoms with van der Waals surface area (Å²) in [4.78, 5) is 28.6. The molecule has 0 saturated carbocycles. The molecule has 0 aromatic carbocycles. The molecule has 6 nitrogen and oxygen atoms in total. The van der Waals surface area contributed by atoms with Crippen LogP contribution in [0.3, 0.4) is 0 Å². The Bertz CT molecular complexity index is 69.1. The predicted octanol–water partition coefficient (Wildman–Crippen LogP) is -1.28. The van der Waals surface area contributed by atoms with Crippen LogP contribution in [0, 0.1) is 39.9 Å². The van der Waals surface area contributed by atoms with Gasteiger partial charge < -0.3 is 19.6 Å². The summed E-state index contributed by atoms with van der Waals surface area (Å²) in [7, 11) is -6.26. The van der Waals surface area contributed by atoms with Crippen LogP contribution in [0.15, 0.2) is 0 Å². The first-order valence-corrected chi connectivity index (χ1v) is 3.91. The van der Waals surface area contributed by atoms with Crippen LogP contribution in [0.1, 0.15) is 0 Å². The number of hydrogen-bond donors (Lipinski definition) is 4. The SMILES string of the molecule is O=[PH](O)O.O=[PH](O)O.[Gd]. The van der Waals surface area contributed by atoms with Gasteiger partial charge in [-0.3, -0.25) is 9.13 Å². The van der Waals surface area contributed by atoms with Crippen molar-refractivity contribution in [2.75, 3.05) is 0 Å². The minimum atomic E-state index is -3.13. The Kier molecular flexibility index (Phi) is 23.2. The molecule has 0 unspecified atom stereocenters. The van der Waals surface area contributed by atoms with Crippen molar-refractivity contribution in [3.63, 3.8) is 0 Å².